The Kier molecular flexibility index (Phi) is 7.21. The van der Waals surface area contributed by atoms with Crippen molar-refractivity contribution in [3.63, 3.8) is 0 Å². The van der Waals surface area contributed by atoms with Crippen LogP contribution in [0.2, 0.25) is 0 Å². The van der Waals surface area contributed by atoms with Crippen molar-refractivity contribution in [3.05, 3.63) is 186 Å². The van der Waals surface area contributed by atoms with Crippen LogP contribution in [0.25, 0.3) is 54.9 Å². The molecule has 0 aliphatic heterocycles. The summed E-state index contributed by atoms with van der Waals surface area (Å²) in [6.07, 6.45) is 0. The van der Waals surface area contributed by atoms with Crippen LogP contribution in [-0.2, 0) is 16.2 Å². The lowest BCUT2D eigenvalue weighted by atomic mass is 9.81. The molecule has 8 aromatic carbocycles. The topological polar surface area (TPSA) is 3.24 Å². The standard InChI is InChI=1S/C54H47N/c1-52(2,3)44-29-31-49(42-21-11-10-19-39(42)44)55(36-26-28-47-43(33-36)40-20-13-15-23-46(40)53(47,4)5)50-30-25-34-16-8-9-17-37(34)51(50)35-24-27-41-38-18-12-14-22-45(38)54(6,7)48(41)32-35/h8-33H,1-7H3. The number of anilines is 3. The van der Waals surface area contributed by atoms with E-state index in [0.717, 1.165) is 5.69 Å². The average molecular weight is 710 g/mol. The lowest BCUT2D eigenvalue weighted by molar-refractivity contribution is 0.596. The number of benzene rings is 8. The summed E-state index contributed by atoms with van der Waals surface area (Å²) in [6.45, 7) is 16.4. The van der Waals surface area contributed by atoms with Gasteiger partial charge in [-0.25, -0.2) is 0 Å². The highest BCUT2D eigenvalue weighted by Gasteiger charge is 2.37. The Morgan fingerprint density at radius 1 is 0.418 bits per heavy atom. The van der Waals surface area contributed by atoms with Crippen molar-refractivity contribution in [1.29, 1.82) is 0 Å². The van der Waals surface area contributed by atoms with Gasteiger partial charge in [-0.3, -0.25) is 0 Å². The third-order valence-electron chi connectivity index (χ3n) is 12.8. The Balaban J connectivity index is 1.29. The van der Waals surface area contributed by atoms with Gasteiger partial charge in [0.25, 0.3) is 0 Å². The summed E-state index contributed by atoms with van der Waals surface area (Å²) >= 11 is 0. The van der Waals surface area contributed by atoms with Gasteiger partial charge in [-0.05, 0) is 108 Å². The molecule has 0 N–H and O–H groups in total. The summed E-state index contributed by atoms with van der Waals surface area (Å²) in [5.74, 6) is 0. The van der Waals surface area contributed by atoms with Crippen LogP contribution < -0.4 is 4.90 Å². The van der Waals surface area contributed by atoms with Crippen LogP contribution in [0, 0.1) is 0 Å². The second-order valence-electron chi connectivity index (χ2n) is 17.8. The lowest BCUT2D eigenvalue weighted by Gasteiger charge is -2.32. The molecule has 0 fully saturated rings. The normalized spacial score (nSPS) is 14.7. The molecule has 0 saturated carbocycles. The largest absolute Gasteiger partial charge is 0.309 e. The molecule has 0 amide bonds. The van der Waals surface area contributed by atoms with Gasteiger partial charge in [-0.15, -0.1) is 0 Å². The zero-order chi connectivity index (χ0) is 37.9. The van der Waals surface area contributed by atoms with Crippen molar-refractivity contribution in [2.24, 2.45) is 0 Å². The van der Waals surface area contributed by atoms with E-state index in [1.54, 1.807) is 0 Å². The molecule has 0 aromatic heterocycles. The summed E-state index contributed by atoms with van der Waals surface area (Å²) in [5.41, 5.74) is 18.1. The monoisotopic (exact) mass is 709 g/mol. The SMILES string of the molecule is CC(C)(C)c1ccc(N(c2ccc3c(c2)-c2ccccc2C3(C)C)c2ccc3ccccc3c2-c2ccc3c(c2)C(C)(C)c2ccccc2-3)c2ccccc12. The zero-order valence-corrected chi connectivity index (χ0v) is 33.0. The Bertz CT molecular complexity index is 2860. The molecule has 0 spiro atoms. The molecule has 0 radical (unpaired) electrons. The molecular weight excluding hydrogens is 663 g/mol. The molecule has 0 atom stereocenters. The Morgan fingerprint density at radius 3 is 1.71 bits per heavy atom. The maximum atomic E-state index is 2.55. The molecule has 0 unspecified atom stereocenters. The summed E-state index contributed by atoms with van der Waals surface area (Å²) in [6, 6.07) is 59.7. The number of hydrogen-bond acceptors (Lipinski definition) is 1. The van der Waals surface area contributed by atoms with E-state index >= 15 is 0 Å². The number of rotatable bonds is 4. The van der Waals surface area contributed by atoms with Crippen molar-refractivity contribution >= 4 is 38.6 Å². The van der Waals surface area contributed by atoms with Crippen LogP contribution >= 0.6 is 0 Å². The predicted molar refractivity (Wildman–Crippen MR) is 235 cm³/mol. The first-order valence-corrected chi connectivity index (χ1v) is 19.8. The van der Waals surface area contributed by atoms with Gasteiger partial charge < -0.3 is 4.90 Å². The highest BCUT2D eigenvalue weighted by atomic mass is 15.1. The molecule has 0 saturated heterocycles. The summed E-state index contributed by atoms with van der Waals surface area (Å²) in [7, 11) is 0. The maximum Gasteiger partial charge on any atom is 0.0546 e. The van der Waals surface area contributed by atoms with Gasteiger partial charge >= 0.3 is 0 Å². The van der Waals surface area contributed by atoms with Crippen LogP contribution in [0.4, 0.5) is 17.1 Å². The molecular formula is C54H47N. The first-order valence-electron chi connectivity index (χ1n) is 19.8. The van der Waals surface area contributed by atoms with Gasteiger partial charge in [-0.1, -0.05) is 176 Å². The third-order valence-corrected chi connectivity index (χ3v) is 12.8. The quantitative estimate of drug-likeness (QED) is 0.176. The minimum atomic E-state index is -0.106. The van der Waals surface area contributed by atoms with E-state index < -0.39 is 0 Å². The van der Waals surface area contributed by atoms with E-state index in [2.05, 4.69) is 211 Å². The highest BCUT2D eigenvalue weighted by Crippen LogP contribution is 2.54. The third kappa shape index (κ3) is 4.92. The van der Waals surface area contributed by atoms with Gasteiger partial charge in [0, 0.05) is 27.5 Å². The Hall–Kier alpha value is -5.92. The maximum absolute atomic E-state index is 2.55. The second-order valence-corrected chi connectivity index (χ2v) is 17.8. The molecule has 268 valence electrons. The van der Waals surface area contributed by atoms with Gasteiger partial charge in [-0.2, -0.15) is 0 Å². The summed E-state index contributed by atoms with van der Waals surface area (Å²) < 4.78 is 0. The number of hydrogen-bond donors (Lipinski definition) is 0. The van der Waals surface area contributed by atoms with E-state index in [-0.39, 0.29) is 16.2 Å². The minimum Gasteiger partial charge on any atom is -0.309 e. The predicted octanol–water partition coefficient (Wildman–Crippen LogP) is 15.0. The Labute approximate surface area is 325 Å². The molecule has 10 rings (SSSR count). The fourth-order valence-electron chi connectivity index (χ4n) is 10.00. The molecule has 8 aromatic rings. The van der Waals surface area contributed by atoms with Crippen molar-refractivity contribution in [2.75, 3.05) is 4.90 Å². The van der Waals surface area contributed by atoms with Crippen LogP contribution in [0.1, 0.15) is 76.3 Å². The van der Waals surface area contributed by atoms with Crippen molar-refractivity contribution in [2.45, 2.75) is 64.7 Å². The van der Waals surface area contributed by atoms with Gasteiger partial charge in [0.15, 0.2) is 0 Å². The summed E-state index contributed by atoms with van der Waals surface area (Å²) in [5, 5.41) is 5.04. The smallest absolute Gasteiger partial charge is 0.0546 e. The molecule has 1 nitrogen and oxygen atoms in total. The van der Waals surface area contributed by atoms with Crippen molar-refractivity contribution < 1.29 is 0 Å². The van der Waals surface area contributed by atoms with Crippen molar-refractivity contribution in [1.82, 2.24) is 0 Å². The fraction of sp³-hybridized carbons (Fsp3) is 0.185. The zero-order valence-electron chi connectivity index (χ0n) is 33.0. The summed E-state index contributed by atoms with van der Waals surface area (Å²) in [4.78, 5) is 2.55. The number of fused-ring (bicyclic) bond motifs is 8. The van der Waals surface area contributed by atoms with E-state index in [4.69, 9.17) is 0 Å². The van der Waals surface area contributed by atoms with Crippen LogP contribution in [0.3, 0.4) is 0 Å². The van der Waals surface area contributed by atoms with E-state index in [9.17, 15) is 0 Å². The average Bonchev–Trinajstić information content (AvgIpc) is 3.56. The number of nitrogens with zero attached hydrogens (tertiary/aromatic N) is 1. The van der Waals surface area contributed by atoms with Crippen LogP contribution in [-0.4, -0.2) is 0 Å². The highest BCUT2D eigenvalue weighted by molar-refractivity contribution is 6.09. The molecule has 2 aliphatic rings. The van der Waals surface area contributed by atoms with Gasteiger partial charge in [0.05, 0.1) is 11.4 Å². The minimum absolute atomic E-state index is 0.00523. The Morgan fingerprint density at radius 2 is 0.982 bits per heavy atom. The van der Waals surface area contributed by atoms with Crippen molar-refractivity contribution in [3.8, 4) is 33.4 Å². The fourth-order valence-corrected chi connectivity index (χ4v) is 10.00. The lowest BCUT2D eigenvalue weighted by Crippen LogP contribution is -2.17. The van der Waals surface area contributed by atoms with Crippen LogP contribution in [0.15, 0.2) is 158 Å². The van der Waals surface area contributed by atoms with E-state index in [1.165, 1.54) is 94.1 Å². The van der Waals surface area contributed by atoms with Gasteiger partial charge in [0.1, 0.15) is 0 Å². The van der Waals surface area contributed by atoms with Crippen LogP contribution in [0.5, 0.6) is 0 Å². The molecule has 2 aliphatic carbocycles. The van der Waals surface area contributed by atoms with E-state index in [0.29, 0.717) is 0 Å². The molecule has 0 heterocycles. The first kappa shape index (κ1) is 33.6. The molecule has 55 heavy (non-hydrogen) atoms. The first-order chi connectivity index (χ1) is 26.4. The second kappa shape index (κ2) is 11.8. The molecule has 0 bridgehead atoms. The van der Waals surface area contributed by atoms with E-state index in [1.807, 2.05) is 0 Å². The molecule has 1 heteroatoms. The van der Waals surface area contributed by atoms with Gasteiger partial charge in [0.2, 0.25) is 0 Å².